The summed E-state index contributed by atoms with van der Waals surface area (Å²) in [6.07, 6.45) is 8.51. The maximum absolute atomic E-state index is 5.93. The van der Waals surface area contributed by atoms with Crippen molar-refractivity contribution in [2.24, 2.45) is 5.92 Å². The highest BCUT2D eigenvalue weighted by atomic mass is 35.5. The molecule has 1 heterocycles. The van der Waals surface area contributed by atoms with Crippen LogP contribution in [0.15, 0.2) is 11.4 Å². The van der Waals surface area contributed by atoms with E-state index in [0.717, 1.165) is 17.5 Å². The Bertz CT molecular complexity index is 329. The summed E-state index contributed by atoms with van der Waals surface area (Å²) in [5.41, 5.74) is 0. The third-order valence-electron chi connectivity index (χ3n) is 3.83. The zero-order chi connectivity index (χ0) is 12.1. The van der Waals surface area contributed by atoms with Crippen LogP contribution in [0.1, 0.15) is 50.3 Å². The fourth-order valence-electron chi connectivity index (χ4n) is 2.69. The SMILES string of the molecule is C[C@@H](NCc1cc(Cl)cs1)C1CCCCCC1. The highest BCUT2D eigenvalue weighted by molar-refractivity contribution is 7.10. The normalized spacial score (nSPS) is 20.1. The molecule has 0 aromatic carbocycles. The van der Waals surface area contributed by atoms with Gasteiger partial charge in [0.15, 0.2) is 0 Å². The Hall–Kier alpha value is -0.0500. The molecule has 1 N–H and O–H groups in total. The van der Waals surface area contributed by atoms with Crippen LogP contribution in [0.2, 0.25) is 5.02 Å². The van der Waals surface area contributed by atoms with Gasteiger partial charge in [-0.2, -0.15) is 0 Å². The number of hydrogen-bond donors (Lipinski definition) is 1. The van der Waals surface area contributed by atoms with Crippen LogP contribution in [0.5, 0.6) is 0 Å². The van der Waals surface area contributed by atoms with Gasteiger partial charge in [-0.1, -0.05) is 37.3 Å². The summed E-state index contributed by atoms with van der Waals surface area (Å²) in [4.78, 5) is 1.34. The molecule has 0 radical (unpaired) electrons. The summed E-state index contributed by atoms with van der Waals surface area (Å²) < 4.78 is 0. The van der Waals surface area contributed by atoms with E-state index in [2.05, 4.69) is 18.3 Å². The van der Waals surface area contributed by atoms with Gasteiger partial charge in [-0.15, -0.1) is 11.3 Å². The van der Waals surface area contributed by atoms with Gasteiger partial charge in [-0.05, 0) is 31.7 Å². The van der Waals surface area contributed by atoms with E-state index in [4.69, 9.17) is 11.6 Å². The third-order valence-corrected chi connectivity index (χ3v) is 5.11. The average Bonchev–Trinajstić information content (AvgIpc) is 2.58. The average molecular weight is 272 g/mol. The fourth-order valence-corrected chi connectivity index (χ4v) is 3.71. The summed E-state index contributed by atoms with van der Waals surface area (Å²) in [5, 5.41) is 6.54. The highest BCUT2D eigenvalue weighted by Gasteiger charge is 2.18. The van der Waals surface area contributed by atoms with E-state index in [1.54, 1.807) is 11.3 Å². The second-order valence-corrected chi connectivity index (χ2v) is 6.58. The van der Waals surface area contributed by atoms with Gasteiger partial charge in [0.1, 0.15) is 0 Å². The number of halogens is 1. The quantitative estimate of drug-likeness (QED) is 0.772. The first-order valence-electron chi connectivity index (χ1n) is 6.72. The molecule has 1 aromatic heterocycles. The smallest absolute Gasteiger partial charge is 0.0516 e. The molecule has 1 aromatic rings. The molecule has 0 saturated heterocycles. The van der Waals surface area contributed by atoms with Crippen LogP contribution >= 0.6 is 22.9 Å². The molecule has 1 nitrogen and oxygen atoms in total. The Morgan fingerprint density at radius 3 is 2.65 bits per heavy atom. The van der Waals surface area contributed by atoms with E-state index >= 15 is 0 Å². The first kappa shape index (κ1) is 13.4. The summed E-state index contributed by atoms with van der Waals surface area (Å²) in [5.74, 6) is 0.868. The van der Waals surface area contributed by atoms with Crippen LogP contribution in [0.4, 0.5) is 0 Å². The lowest BCUT2D eigenvalue weighted by Gasteiger charge is -2.23. The molecule has 2 rings (SSSR count). The Morgan fingerprint density at radius 1 is 1.35 bits per heavy atom. The minimum absolute atomic E-state index is 0.633. The number of hydrogen-bond acceptors (Lipinski definition) is 2. The molecule has 0 bridgehead atoms. The lowest BCUT2D eigenvalue weighted by molar-refractivity contribution is 0.337. The van der Waals surface area contributed by atoms with E-state index in [0.29, 0.717) is 6.04 Å². The van der Waals surface area contributed by atoms with Crippen molar-refractivity contribution in [1.82, 2.24) is 5.32 Å². The number of thiophene rings is 1. The summed E-state index contributed by atoms with van der Waals surface area (Å²) in [6.45, 7) is 3.31. The number of nitrogens with one attached hydrogen (secondary N) is 1. The molecular formula is C14H22ClNS. The molecule has 0 aliphatic heterocycles. The van der Waals surface area contributed by atoms with Gasteiger partial charge in [-0.25, -0.2) is 0 Å². The van der Waals surface area contributed by atoms with Gasteiger partial charge in [0.05, 0.1) is 5.02 Å². The lowest BCUT2D eigenvalue weighted by atomic mass is 9.93. The summed E-state index contributed by atoms with van der Waals surface area (Å²) >= 11 is 7.68. The zero-order valence-corrected chi connectivity index (χ0v) is 12.1. The predicted molar refractivity (Wildman–Crippen MR) is 76.8 cm³/mol. The maximum atomic E-state index is 5.93. The third kappa shape index (κ3) is 4.27. The van der Waals surface area contributed by atoms with Crippen LogP contribution in [0.25, 0.3) is 0 Å². The molecular weight excluding hydrogens is 250 g/mol. The molecule has 0 unspecified atom stereocenters. The molecule has 17 heavy (non-hydrogen) atoms. The minimum Gasteiger partial charge on any atom is -0.309 e. The van der Waals surface area contributed by atoms with Gasteiger partial charge in [0, 0.05) is 22.8 Å². The molecule has 1 fully saturated rings. The van der Waals surface area contributed by atoms with E-state index < -0.39 is 0 Å². The van der Waals surface area contributed by atoms with Crippen LogP contribution in [-0.4, -0.2) is 6.04 Å². The van der Waals surface area contributed by atoms with E-state index in [9.17, 15) is 0 Å². The largest absolute Gasteiger partial charge is 0.309 e. The standard InChI is InChI=1S/C14H22ClNS/c1-11(12-6-4-2-3-5-7-12)16-9-14-8-13(15)10-17-14/h8,10-12,16H,2-7,9H2,1H3/t11-/m1/s1. The maximum Gasteiger partial charge on any atom is 0.0516 e. The number of rotatable bonds is 4. The molecule has 1 aliphatic carbocycles. The van der Waals surface area contributed by atoms with Gasteiger partial charge < -0.3 is 5.32 Å². The molecule has 3 heteroatoms. The van der Waals surface area contributed by atoms with Crippen molar-refractivity contribution in [3.63, 3.8) is 0 Å². The van der Waals surface area contributed by atoms with Crippen molar-refractivity contribution in [2.75, 3.05) is 0 Å². The Morgan fingerprint density at radius 2 is 2.06 bits per heavy atom. The van der Waals surface area contributed by atoms with Crippen molar-refractivity contribution in [1.29, 1.82) is 0 Å². The fraction of sp³-hybridized carbons (Fsp3) is 0.714. The van der Waals surface area contributed by atoms with Gasteiger partial charge in [0.25, 0.3) is 0 Å². The van der Waals surface area contributed by atoms with Crippen molar-refractivity contribution in [3.8, 4) is 0 Å². The van der Waals surface area contributed by atoms with Crippen LogP contribution in [0.3, 0.4) is 0 Å². The Kier molecular flexibility index (Phi) is 5.33. The zero-order valence-electron chi connectivity index (χ0n) is 10.5. The Labute approximate surface area is 114 Å². The monoisotopic (exact) mass is 271 g/mol. The second-order valence-electron chi connectivity index (χ2n) is 5.15. The second kappa shape index (κ2) is 6.77. The lowest BCUT2D eigenvalue weighted by Crippen LogP contribution is -2.32. The van der Waals surface area contributed by atoms with Gasteiger partial charge in [-0.3, -0.25) is 0 Å². The van der Waals surface area contributed by atoms with Gasteiger partial charge in [0.2, 0.25) is 0 Å². The van der Waals surface area contributed by atoms with E-state index in [1.165, 1.54) is 43.4 Å². The topological polar surface area (TPSA) is 12.0 Å². The molecule has 1 saturated carbocycles. The molecule has 96 valence electrons. The van der Waals surface area contributed by atoms with Crippen LogP contribution < -0.4 is 5.32 Å². The molecule has 0 amide bonds. The first-order valence-corrected chi connectivity index (χ1v) is 7.98. The first-order chi connectivity index (χ1) is 8.25. The van der Waals surface area contributed by atoms with Crippen molar-refractivity contribution < 1.29 is 0 Å². The molecule has 1 aliphatic rings. The Balaban J connectivity index is 1.77. The van der Waals surface area contributed by atoms with E-state index in [-0.39, 0.29) is 0 Å². The van der Waals surface area contributed by atoms with E-state index in [1.807, 2.05) is 5.38 Å². The van der Waals surface area contributed by atoms with Crippen molar-refractivity contribution in [2.45, 2.75) is 58.0 Å². The highest BCUT2D eigenvalue weighted by Crippen LogP contribution is 2.26. The summed E-state index contributed by atoms with van der Waals surface area (Å²) in [6, 6.07) is 2.70. The van der Waals surface area contributed by atoms with Crippen molar-refractivity contribution in [3.05, 3.63) is 21.3 Å². The molecule has 1 atom stereocenters. The minimum atomic E-state index is 0.633. The summed E-state index contributed by atoms with van der Waals surface area (Å²) in [7, 11) is 0. The van der Waals surface area contributed by atoms with Gasteiger partial charge >= 0.3 is 0 Å². The molecule has 0 spiro atoms. The van der Waals surface area contributed by atoms with Crippen LogP contribution in [-0.2, 0) is 6.54 Å². The van der Waals surface area contributed by atoms with Crippen LogP contribution in [0, 0.1) is 5.92 Å². The van der Waals surface area contributed by atoms with Crippen molar-refractivity contribution >= 4 is 22.9 Å². The predicted octanol–water partition coefficient (Wildman–Crippen LogP) is 4.85.